The van der Waals surface area contributed by atoms with Gasteiger partial charge >= 0.3 is 0 Å². The van der Waals surface area contributed by atoms with Crippen molar-refractivity contribution >= 4 is 5.91 Å². The van der Waals surface area contributed by atoms with Crippen molar-refractivity contribution < 1.29 is 9.90 Å². The van der Waals surface area contributed by atoms with E-state index in [0.717, 1.165) is 24.2 Å². The van der Waals surface area contributed by atoms with Crippen LogP contribution < -0.4 is 0 Å². The van der Waals surface area contributed by atoms with Crippen molar-refractivity contribution in [3.05, 3.63) is 47.8 Å². The van der Waals surface area contributed by atoms with Crippen LogP contribution >= 0.6 is 0 Å². The van der Waals surface area contributed by atoms with Gasteiger partial charge in [0.2, 0.25) is 0 Å². The fraction of sp³-hybridized carbons (Fsp3) is 0.526. The summed E-state index contributed by atoms with van der Waals surface area (Å²) in [6.45, 7) is 7.38. The van der Waals surface area contributed by atoms with Crippen molar-refractivity contribution in [2.24, 2.45) is 5.41 Å². The largest absolute Gasteiger partial charge is 0.392 e. The Kier molecular flexibility index (Phi) is 4.90. The highest BCUT2D eigenvalue weighted by Gasteiger charge is 2.29. The van der Waals surface area contributed by atoms with Crippen LogP contribution in [0, 0.1) is 5.41 Å². The third-order valence-corrected chi connectivity index (χ3v) is 4.81. The maximum Gasteiger partial charge on any atom is 0.253 e. The van der Waals surface area contributed by atoms with Gasteiger partial charge in [0.1, 0.15) is 0 Å². The smallest absolute Gasteiger partial charge is 0.253 e. The summed E-state index contributed by atoms with van der Waals surface area (Å²) in [6, 6.07) is 9.50. The summed E-state index contributed by atoms with van der Waals surface area (Å²) in [5.74, 6) is 0.0617. The standard InChI is InChI=1S/C19H26N4O2/c1-19(2,3)17(24)11-15-12-23(21-20-15)16-9-10-22(13-16)18(25)14-7-5-4-6-8-14/h4-8,12,16-17,24H,9-11,13H2,1-3H3. The van der Waals surface area contributed by atoms with Crippen LogP contribution in [-0.4, -0.2) is 50.1 Å². The predicted octanol–water partition coefficient (Wildman–Crippen LogP) is 2.31. The molecule has 1 saturated heterocycles. The maximum absolute atomic E-state index is 12.5. The third kappa shape index (κ3) is 4.07. The Hall–Kier alpha value is -2.21. The lowest BCUT2D eigenvalue weighted by Gasteiger charge is -2.24. The van der Waals surface area contributed by atoms with Crippen molar-refractivity contribution in [2.45, 2.75) is 45.8 Å². The van der Waals surface area contributed by atoms with Crippen LogP contribution in [0.25, 0.3) is 0 Å². The van der Waals surface area contributed by atoms with Crippen LogP contribution in [-0.2, 0) is 6.42 Å². The molecule has 1 amide bonds. The highest BCUT2D eigenvalue weighted by Crippen LogP contribution is 2.24. The van der Waals surface area contributed by atoms with Crippen molar-refractivity contribution in [1.82, 2.24) is 19.9 Å². The number of hydrogen-bond acceptors (Lipinski definition) is 4. The maximum atomic E-state index is 12.5. The minimum absolute atomic E-state index is 0.0617. The van der Waals surface area contributed by atoms with Crippen LogP contribution in [0.15, 0.2) is 36.5 Å². The molecule has 2 atom stereocenters. The van der Waals surface area contributed by atoms with Crippen LogP contribution in [0.3, 0.4) is 0 Å². The molecular weight excluding hydrogens is 316 g/mol. The first-order valence-corrected chi connectivity index (χ1v) is 8.77. The first-order valence-electron chi connectivity index (χ1n) is 8.77. The van der Waals surface area contributed by atoms with E-state index in [1.165, 1.54) is 0 Å². The molecule has 0 spiro atoms. The summed E-state index contributed by atoms with van der Waals surface area (Å²) < 4.78 is 1.84. The molecule has 1 N–H and O–H groups in total. The van der Waals surface area contributed by atoms with E-state index in [1.807, 2.05) is 66.9 Å². The number of aliphatic hydroxyl groups is 1. The van der Waals surface area contributed by atoms with Crippen molar-refractivity contribution in [3.8, 4) is 0 Å². The SMILES string of the molecule is CC(C)(C)C(O)Cc1cn(C2CCN(C(=O)c3ccccc3)C2)nn1. The summed E-state index contributed by atoms with van der Waals surface area (Å²) in [6.07, 6.45) is 2.79. The van der Waals surface area contributed by atoms with Crippen molar-refractivity contribution in [2.75, 3.05) is 13.1 Å². The lowest BCUT2D eigenvalue weighted by molar-refractivity contribution is 0.0627. The van der Waals surface area contributed by atoms with Gasteiger partial charge in [-0.2, -0.15) is 0 Å². The number of amides is 1. The summed E-state index contributed by atoms with van der Waals surface area (Å²) in [7, 11) is 0. The van der Waals surface area contributed by atoms with Crippen LogP contribution in [0.4, 0.5) is 0 Å². The van der Waals surface area contributed by atoms with Gasteiger partial charge in [-0.15, -0.1) is 5.10 Å². The number of rotatable bonds is 4. The van der Waals surface area contributed by atoms with Gasteiger partial charge in [-0.1, -0.05) is 44.2 Å². The molecule has 1 aromatic carbocycles. The zero-order valence-electron chi connectivity index (χ0n) is 15.1. The second-order valence-corrected chi connectivity index (χ2v) is 7.84. The molecule has 2 unspecified atom stereocenters. The molecule has 1 aromatic heterocycles. The predicted molar refractivity (Wildman–Crippen MR) is 95.2 cm³/mol. The fourth-order valence-electron chi connectivity index (χ4n) is 3.00. The Morgan fingerprint density at radius 3 is 2.72 bits per heavy atom. The Morgan fingerprint density at radius 1 is 1.32 bits per heavy atom. The van der Waals surface area contributed by atoms with E-state index in [2.05, 4.69) is 10.3 Å². The summed E-state index contributed by atoms with van der Waals surface area (Å²) >= 11 is 0. The van der Waals surface area contributed by atoms with Crippen LogP contribution in [0.1, 0.15) is 49.3 Å². The topological polar surface area (TPSA) is 71.2 Å². The molecule has 2 aromatic rings. The van der Waals surface area contributed by atoms with Crippen molar-refractivity contribution in [3.63, 3.8) is 0 Å². The number of benzene rings is 1. The third-order valence-electron chi connectivity index (χ3n) is 4.81. The molecule has 0 radical (unpaired) electrons. The average molecular weight is 342 g/mol. The average Bonchev–Trinajstić information content (AvgIpc) is 3.23. The minimum Gasteiger partial charge on any atom is -0.392 e. The van der Waals surface area contributed by atoms with Gasteiger partial charge in [-0.3, -0.25) is 4.79 Å². The zero-order valence-corrected chi connectivity index (χ0v) is 15.1. The highest BCUT2D eigenvalue weighted by atomic mass is 16.3. The molecule has 6 heteroatoms. The molecule has 25 heavy (non-hydrogen) atoms. The molecule has 0 bridgehead atoms. The summed E-state index contributed by atoms with van der Waals surface area (Å²) in [5, 5.41) is 18.6. The van der Waals surface area contributed by atoms with Gasteiger partial charge in [0.05, 0.1) is 17.8 Å². The Labute approximate surface area is 148 Å². The molecular formula is C19H26N4O2. The van der Waals surface area contributed by atoms with E-state index in [4.69, 9.17) is 0 Å². The molecule has 3 rings (SSSR count). The number of likely N-dealkylation sites (tertiary alicyclic amines) is 1. The van der Waals surface area contributed by atoms with E-state index >= 15 is 0 Å². The van der Waals surface area contributed by atoms with Gasteiger partial charge in [0.15, 0.2) is 0 Å². The zero-order chi connectivity index (χ0) is 18.0. The van der Waals surface area contributed by atoms with Gasteiger partial charge in [-0.05, 0) is 24.0 Å². The van der Waals surface area contributed by atoms with E-state index in [0.29, 0.717) is 13.0 Å². The van der Waals surface area contributed by atoms with Gasteiger partial charge < -0.3 is 10.0 Å². The van der Waals surface area contributed by atoms with E-state index in [-0.39, 0.29) is 17.4 Å². The first kappa shape index (κ1) is 17.6. The first-order chi connectivity index (χ1) is 11.8. The minimum atomic E-state index is -0.461. The summed E-state index contributed by atoms with van der Waals surface area (Å²) in [5.41, 5.74) is 1.32. The molecule has 0 saturated carbocycles. The molecule has 1 fully saturated rings. The number of nitrogens with zero attached hydrogens (tertiary/aromatic N) is 4. The summed E-state index contributed by atoms with van der Waals surface area (Å²) in [4.78, 5) is 14.4. The van der Waals surface area contributed by atoms with Crippen LogP contribution in [0.2, 0.25) is 0 Å². The molecule has 134 valence electrons. The van der Waals surface area contributed by atoms with Gasteiger partial charge in [0.25, 0.3) is 5.91 Å². The molecule has 0 aliphatic carbocycles. The van der Waals surface area contributed by atoms with Crippen molar-refractivity contribution in [1.29, 1.82) is 0 Å². The highest BCUT2D eigenvalue weighted by molar-refractivity contribution is 5.94. The Morgan fingerprint density at radius 2 is 2.04 bits per heavy atom. The number of aromatic nitrogens is 3. The lowest BCUT2D eigenvalue weighted by Crippen LogP contribution is -2.29. The number of carbonyl (C=O) groups is 1. The lowest BCUT2D eigenvalue weighted by atomic mass is 9.87. The Balaban J connectivity index is 1.62. The second kappa shape index (κ2) is 6.96. The van der Waals surface area contributed by atoms with Gasteiger partial charge in [-0.25, -0.2) is 4.68 Å². The monoisotopic (exact) mass is 342 g/mol. The van der Waals surface area contributed by atoms with E-state index < -0.39 is 6.10 Å². The fourth-order valence-corrected chi connectivity index (χ4v) is 3.00. The quantitative estimate of drug-likeness (QED) is 0.925. The van der Waals surface area contributed by atoms with Gasteiger partial charge in [0, 0.05) is 31.3 Å². The Bertz CT molecular complexity index is 721. The number of carbonyl (C=O) groups excluding carboxylic acids is 1. The van der Waals surface area contributed by atoms with E-state index in [1.54, 1.807) is 0 Å². The number of hydrogen-bond donors (Lipinski definition) is 1. The molecule has 1 aliphatic heterocycles. The number of aliphatic hydroxyl groups excluding tert-OH is 1. The normalized spacial score (nSPS) is 19.2. The van der Waals surface area contributed by atoms with E-state index in [9.17, 15) is 9.90 Å². The van der Waals surface area contributed by atoms with Crippen LogP contribution in [0.5, 0.6) is 0 Å². The molecule has 2 heterocycles. The molecule has 6 nitrogen and oxygen atoms in total. The second-order valence-electron chi connectivity index (χ2n) is 7.84. The molecule has 1 aliphatic rings.